The number of allylic oxidation sites excluding steroid dienone is 1. The fourth-order valence-electron chi connectivity index (χ4n) is 2.66. The molecule has 2 aliphatic rings. The number of esters is 1. The van der Waals surface area contributed by atoms with E-state index in [9.17, 15) is 15.0 Å². The molecule has 0 saturated carbocycles. The molecule has 1 heterocycles. The predicted octanol–water partition coefficient (Wildman–Crippen LogP) is 1.49. The van der Waals surface area contributed by atoms with E-state index in [1.54, 1.807) is 0 Å². The van der Waals surface area contributed by atoms with E-state index in [1.165, 1.54) is 0 Å². The number of rotatable bonds is 0. The lowest BCUT2D eigenvalue weighted by molar-refractivity contribution is -0.137. The lowest BCUT2D eigenvalue weighted by Crippen LogP contribution is -2.30. The maximum absolute atomic E-state index is 11.6. The van der Waals surface area contributed by atoms with Crippen LogP contribution in [0.2, 0.25) is 0 Å². The molecule has 19 heavy (non-hydrogen) atoms. The second-order valence-corrected chi connectivity index (χ2v) is 5.42. The first-order valence-electron chi connectivity index (χ1n) is 6.51. The van der Waals surface area contributed by atoms with E-state index >= 15 is 0 Å². The Morgan fingerprint density at radius 1 is 1.37 bits per heavy atom. The molecule has 4 atom stereocenters. The molecule has 1 fully saturated rings. The van der Waals surface area contributed by atoms with Crippen molar-refractivity contribution in [3.8, 4) is 0 Å². The number of carbonyl (C=O) groups excluding carboxylic acids is 1. The van der Waals surface area contributed by atoms with Gasteiger partial charge in [0.1, 0.15) is 6.10 Å². The molecule has 0 aromatic carbocycles. The van der Waals surface area contributed by atoms with Crippen LogP contribution in [0.25, 0.3) is 0 Å². The van der Waals surface area contributed by atoms with Crippen LogP contribution in [0.4, 0.5) is 0 Å². The van der Waals surface area contributed by atoms with Gasteiger partial charge in [0, 0.05) is 5.57 Å². The Morgan fingerprint density at radius 3 is 2.74 bits per heavy atom. The van der Waals surface area contributed by atoms with E-state index in [2.05, 4.69) is 13.2 Å². The standard InChI is InChI=1S/C15H20O4/c1-8-4-5-11(16)9(2)7-12(17)14-10(3)15(18)19-13(14)6-8/h6,11-14,16-17H,2-5,7H2,1H3/b8-6+/t11-,12-,13-,14-/m1/s1. The minimum absolute atomic E-state index is 0.255. The minimum atomic E-state index is -0.812. The molecule has 0 radical (unpaired) electrons. The zero-order valence-electron chi connectivity index (χ0n) is 11.1. The lowest BCUT2D eigenvalue weighted by Gasteiger charge is -2.25. The van der Waals surface area contributed by atoms with Gasteiger partial charge < -0.3 is 14.9 Å². The highest BCUT2D eigenvalue weighted by Crippen LogP contribution is 2.35. The largest absolute Gasteiger partial charge is 0.454 e. The molecule has 1 aliphatic heterocycles. The summed E-state index contributed by atoms with van der Waals surface area (Å²) in [6.45, 7) is 9.45. The van der Waals surface area contributed by atoms with E-state index in [0.29, 0.717) is 24.0 Å². The van der Waals surface area contributed by atoms with Gasteiger partial charge >= 0.3 is 5.97 Å². The van der Waals surface area contributed by atoms with Crippen LogP contribution >= 0.6 is 0 Å². The number of fused-ring (bicyclic) bond motifs is 1. The summed E-state index contributed by atoms with van der Waals surface area (Å²) in [4.78, 5) is 11.6. The molecular weight excluding hydrogens is 244 g/mol. The van der Waals surface area contributed by atoms with E-state index in [-0.39, 0.29) is 6.42 Å². The van der Waals surface area contributed by atoms with Crippen LogP contribution in [0.5, 0.6) is 0 Å². The average molecular weight is 264 g/mol. The zero-order chi connectivity index (χ0) is 14.2. The Labute approximate surface area is 113 Å². The molecule has 1 aliphatic carbocycles. The Bertz CT molecular complexity index is 449. The van der Waals surface area contributed by atoms with Crippen molar-refractivity contribution in [3.63, 3.8) is 0 Å². The summed E-state index contributed by atoms with van der Waals surface area (Å²) >= 11 is 0. The number of ether oxygens (including phenoxy) is 1. The van der Waals surface area contributed by atoms with Crippen LogP contribution in [0.15, 0.2) is 36.0 Å². The first-order chi connectivity index (χ1) is 8.90. The van der Waals surface area contributed by atoms with Gasteiger partial charge in [-0.2, -0.15) is 0 Å². The van der Waals surface area contributed by atoms with Crippen molar-refractivity contribution in [2.24, 2.45) is 5.92 Å². The zero-order valence-corrected chi connectivity index (χ0v) is 11.1. The average Bonchev–Trinajstić information content (AvgIpc) is 2.60. The molecule has 2 N–H and O–H groups in total. The van der Waals surface area contributed by atoms with Crippen molar-refractivity contribution >= 4 is 5.97 Å². The summed E-state index contributed by atoms with van der Waals surface area (Å²) in [7, 11) is 0. The topological polar surface area (TPSA) is 66.8 Å². The second kappa shape index (κ2) is 5.31. The summed E-state index contributed by atoms with van der Waals surface area (Å²) in [6.07, 6.45) is 1.49. The second-order valence-electron chi connectivity index (χ2n) is 5.42. The lowest BCUT2D eigenvalue weighted by atomic mass is 9.84. The van der Waals surface area contributed by atoms with Gasteiger partial charge in [-0.1, -0.05) is 18.7 Å². The summed E-state index contributed by atoms with van der Waals surface area (Å²) in [5.74, 6) is -0.909. The maximum Gasteiger partial charge on any atom is 0.334 e. The molecule has 4 nitrogen and oxygen atoms in total. The van der Waals surface area contributed by atoms with Crippen LogP contribution in [0.1, 0.15) is 26.2 Å². The Morgan fingerprint density at radius 2 is 2.05 bits per heavy atom. The quantitative estimate of drug-likeness (QED) is 0.395. The van der Waals surface area contributed by atoms with Gasteiger partial charge in [0.15, 0.2) is 0 Å². The van der Waals surface area contributed by atoms with E-state index < -0.39 is 30.2 Å². The molecule has 0 aromatic rings. The highest BCUT2D eigenvalue weighted by molar-refractivity contribution is 5.91. The Kier molecular flexibility index (Phi) is 3.92. The first-order valence-corrected chi connectivity index (χ1v) is 6.51. The first kappa shape index (κ1) is 14.0. The van der Waals surface area contributed by atoms with Crippen LogP contribution < -0.4 is 0 Å². The number of hydrogen-bond donors (Lipinski definition) is 2. The number of aliphatic hydroxyl groups excluding tert-OH is 2. The molecule has 0 aromatic heterocycles. The monoisotopic (exact) mass is 264 g/mol. The fraction of sp³-hybridized carbons (Fsp3) is 0.533. The smallest absolute Gasteiger partial charge is 0.334 e. The molecule has 0 unspecified atom stereocenters. The van der Waals surface area contributed by atoms with Gasteiger partial charge in [-0.3, -0.25) is 0 Å². The van der Waals surface area contributed by atoms with E-state index in [4.69, 9.17) is 4.74 Å². The molecule has 0 spiro atoms. The molecule has 4 heteroatoms. The Hall–Kier alpha value is -1.39. The highest BCUT2D eigenvalue weighted by atomic mass is 16.6. The number of hydrogen-bond acceptors (Lipinski definition) is 4. The van der Waals surface area contributed by atoms with Crippen molar-refractivity contribution < 1.29 is 19.7 Å². The highest BCUT2D eigenvalue weighted by Gasteiger charge is 2.42. The molecular formula is C15H20O4. The fourth-order valence-corrected chi connectivity index (χ4v) is 2.66. The molecule has 2 rings (SSSR count). The summed E-state index contributed by atoms with van der Waals surface area (Å²) in [5, 5.41) is 20.2. The molecule has 0 bridgehead atoms. The summed E-state index contributed by atoms with van der Waals surface area (Å²) < 4.78 is 5.25. The third-order valence-corrected chi connectivity index (χ3v) is 3.88. The summed E-state index contributed by atoms with van der Waals surface area (Å²) in [6, 6.07) is 0. The maximum atomic E-state index is 11.6. The van der Waals surface area contributed by atoms with Gasteiger partial charge in [-0.05, 0) is 37.8 Å². The van der Waals surface area contributed by atoms with Crippen LogP contribution in [-0.4, -0.2) is 34.5 Å². The molecule has 104 valence electrons. The van der Waals surface area contributed by atoms with E-state index in [0.717, 1.165) is 5.57 Å². The normalized spacial score (nSPS) is 39.3. The van der Waals surface area contributed by atoms with E-state index in [1.807, 2.05) is 13.0 Å². The van der Waals surface area contributed by atoms with Crippen LogP contribution in [0.3, 0.4) is 0 Å². The van der Waals surface area contributed by atoms with Gasteiger partial charge in [0.2, 0.25) is 0 Å². The van der Waals surface area contributed by atoms with Crippen molar-refractivity contribution in [1.82, 2.24) is 0 Å². The Balaban J connectivity index is 2.32. The van der Waals surface area contributed by atoms with Crippen molar-refractivity contribution in [1.29, 1.82) is 0 Å². The molecule has 1 saturated heterocycles. The van der Waals surface area contributed by atoms with Gasteiger partial charge in [-0.25, -0.2) is 4.79 Å². The van der Waals surface area contributed by atoms with Crippen molar-refractivity contribution in [2.45, 2.75) is 44.5 Å². The molecule has 0 amide bonds. The third-order valence-electron chi connectivity index (χ3n) is 3.88. The van der Waals surface area contributed by atoms with Gasteiger partial charge in [0.25, 0.3) is 0 Å². The third kappa shape index (κ3) is 2.80. The van der Waals surface area contributed by atoms with Crippen LogP contribution in [0, 0.1) is 5.92 Å². The SMILES string of the molecule is C=C1C(=O)O[C@@H]2/C=C(\C)CC[C@@H](O)C(=C)C[C@@H](O)[C@@H]12. The number of aliphatic hydroxyl groups is 2. The summed E-state index contributed by atoms with van der Waals surface area (Å²) in [5.41, 5.74) is 1.91. The van der Waals surface area contributed by atoms with Gasteiger partial charge in [0.05, 0.1) is 18.1 Å². The van der Waals surface area contributed by atoms with Gasteiger partial charge in [-0.15, -0.1) is 0 Å². The van der Waals surface area contributed by atoms with Crippen molar-refractivity contribution in [3.05, 3.63) is 36.0 Å². The predicted molar refractivity (Wildman–Crippen MR) is 71.3 cm³/mol. The minimum Gasteiger partial charge on any atom is -0.454 e. The number of carbonyl (C=O) groups is 1. The van der Waals surface area contributed by atoms with Crippen molar-refractivity contribution in [2.75, 3.05) is 0 Å². The van der Waals surface area contributed by atoms with Crippen LogP contribution in [-0.2, 0) is 9.53 Å².